The Balaban J connectivity index is 1.94. The molecule has 1 aliphatic rings. The average molecular weight is 284 g/mol. The number of methoxy groups -OCH3 is 1. The summed E-state index contributed by atoms with van der Waals surface area (Å²) in [5, 5.41) is 0. The summed E-state index contributed by atoms with van der Waals surface area (Å²) in [7, 11) is -1.58. The van der Waals surface area contributed by atoms with Crippen LogP contribution in [0.1, 0.15) is 12.0 Å². The third-order valence-corrected chi connectivity index (χ3v) is 4.73. The van der Waals surface area contributed by atoms with Crippen LogP contribution in [-0.4, -0.2) is 39.1 Å². The molecule has 19 heavy (non-hydrogen) atoms. The van der Waals surface area contributed by atoms with Crippen molar-refractivity contribution < 1.29 is 22.7 Å². The smallest absolute Gasteiger partial charge is 0.309 e. The second-order valence-electron chi connectivity index (χ2n) is 4.54. The quantitative estimate of drug-likeness (QED) is 0.770. The molecule has 5 nitrogen and oxygen atoms in total. The molecule has 1 atom stereocenters. The Hall–Kier alpha value is -1.56. The second-order valence-corrected chi connectivity index (χ2v) is 6.77. The van der Waals surface area contributed by atoms with Crippen LogP contribution in [0.15, 0.2) is 24.3 Å². The van der Waals surface area contributed by atoms with Crippen LogP contribution in [0.2, 0.25) is 0 Å². The molecule has 1 unspecified atom stereocenters. The fraction of sp³-hybridized carbons (Fsp3) is 0.462. The molecule has 1 heterocycles. The molecule has 2 rings (SSSR count). The molecule has 104 valence electrons. The first kappa shape index (κ1) is 13.9. The van der Waals surface area contributed by atoms with E-state index in [0.717, 1.165) is 5.56 Å². The van der Waals surface area contributed by atoms with Crippen molar-refractivity contribution in [1.82, 2.24) is 0 Å². The number of rotatable bonds is 4. The van der Waals surface area contributed by atoms with E-state index in [0.29, 0.717) is 12.2 Å². The lowest BCUT2D eigenvalue weighted by atomic mass is 10.1. The summed E-state index contributed by atoms with van der Waals surface area (Å²) in [6.07, 6.45) is 0.484. The fourth-order valence-electron chi connectivity index (χ4n) is 1.97. The Kier molecular flexibility index (Phi) is 4.09. The minimum Gasteiger partial charge on any atom is -0.489 e. The molecule has 1 aromatic rings. The molecule has 1 aromatic carbocycles. The van der Waals surface area contributed by atoms with Gasteiger partial charge >= 0.3 is 5.97 Å². The standard InChI is InChI=1S/C13H16O5S/c1-17-13(14)8-10-2-4-11(5-3-10)18-12-6-7-19(15,16)9-12/h2-5,12H,6-9H2,1H3. The molecule has 0 radical (unpaired) electrons. The van der Waals surface area contributed by atoms with Crippen molar-refractivity contribution in [3.05, 3.63) is 29.8 Å². The van der Waals surface area contributed by atoms with Gasteiger partial charge in [-0.25, -0.2) is 8.42 Å². The summed E-state index contributed by atoms with van der Waals surface area (Å²) in [6, 6.07) is 7.03. The van der Waals surface area contributed by atoms with E-state index in [-0.39, 0.29) is 30.0 Å². The molecule has 0 spiro atoms. The highest BCUT2D eigenvalue weighted by Crippen LogP contribution is 2.20. The minimum absolute atomic E-state index is 0.0803. The van der Waals surface area contributed by atoms with Gasteiger partial charge < -0.3 is 9.47 Å². The third kappa shape index (κ3) is 3.96. The topological polar surface area (TPSA) is 69.7 Å². The van der Waals surface area contributed by atoms with Crippen LogP contribution in [0.4, 0.5) is 0 Å². The van der Waals surface area contributed by atoms with Crippen LogP contribution in [0.5, 0.6) is 5.75 Å². The number of esters is 1. The highest BCUT2D eigenvalue weighted by Gasteiger charge is 2.29. The van der Waals surface area contributed by atoms with Crippen LogP contribution in [0, 0.1) is 0 Å². The second kappa shape index (κ2) is 5.61. The van der Waals surface area contributed by atoms with E-state index >= 15 is 0 Å². The van der Waals surface area contributed by atoms with Gasteiger partial charge in [-0.3, -0.25) is 4.79 Å². The zero-order valence-corrected chi connectivity index (χ0v) is 11.5. The van der Waals surface area contributed by atoms with E-state index in [9.17, 15) is 13.2 Å². The number of sulfone groups is 1. The maximum absolute atomic E-state index is 11.3. The number of benzene rings is 1. The Morgan fingerprint density at radius 3 is 2.53 bits per heavy atom. The number of carbonyl (C=O) groups excluding carboxylic acids is 1. The van der Waals surface area contributed by atoms with E-state index in [1.165, 1.54) is 7.11 Å². The molecular weight excluding hydrogens is 268 g/mol. The molecular formula is C13H16O5S. The van der Waals surface area contributed by atoms with E-state index in [2.05, 4.69) is 4.74 Å². The zero-order valence-electron chi connectivity index (χ0n) is 10.7. The van der Waals surface area contributed by atoms with Crippen molar-refractivity contribution in [1.29, 1.82) is 0 Å². The van der Waals surface area contributed by atoms with Crippen molar-refractivity contribution >= 4 is 15.8 Å². The molecule has 0 bridgehead atoms. The van der Waals surface area contributed by atoms with Gasteiger partial charge in [-0.05, 0) is 24.1 Å². The molecule has 1 fully saturated rings. The summed E-state index contributed by atoms with van der Waals surface area (Å²) in [5.74, 6) is 0.598. The van der Waals surface area contributed by atoms with E-state index in [1.54, 1.807) is 24.3 Å². The van der Waals surface area contributed by atoms with Crippen molar-refractivity contribution in [2.75, 3.05) is 18.6 Å². The van der Waals surface area contributed by atoms with Gasteiger partial charge in [-0.2, -0.15) is 0 Å². The average Bonchev–Trinajstić information content (AvgIpc) is 2.71. The summed E-state index contributed by atoms with van der Waals surface area (Å²) in [4.78, 5) is 11.1. The van der Waals surface area contributed by atoms with Gasteiger partial charge in [0, 0.05) is 0 Å². The van der Waals surface area contributed by atoms with Crippen LogP contribution in [0.25, 0.3) is 0 Å². The van der Waals surface area contributed by atoms with Gasteiger partial charge in [-0.1, -0.05) is 12.1 Å². The molecule has 0 saturated carbocycles. The number of hydrogen-bond donors (Lipinski definition) is 0. The molecule has 0 aromatic heterocycles. The SMILES string of the molecule is COC(=O)Cc1ccc(OC2CCS(=O)(=O)C2)cc1. The maximum atomic E-state index is 11.3. The summed E-state index contributed by atoms with van der Waals surface area (Å²) >= 11 is 0. The van der Waals surface area contributed by atoms with Crippen LogP contribution in [0.3, 0.4) is 0 Å². The predicted molar refractivity (Wildman–Crippen MR) is 69.8 cm³/mol. The fourth-order valence-corrected chi connectivity index (χ4v) is 3.56. The summed E-state index contributed by atoms with van der Waals surface area (Å²) in [6.45, 7) is 0. The van der Waals surface area contributed by atoms with Crippen molar-refractivity contribution in [3.63, 3.8) is 0 Å². The lowest BCUT2D eigenvalue weighted by Crippen LogP contribution is -2.17. The molecule has 0 amide bonds. The third-order valence-electron chi connectivity index (χ3n) is 2.99. The Morgan fingerprint density at radius 1 is 1.32 bits per heavy atom. The Bertz CT molecular complexity index is 547. The maximum Gasteiger partial charge on any atom is 0.309 e. The molecule has 1 saturated heterocycles. The lowest BCUT2D eigenvalue weighted by molar-refractivity contribution is -0.139. The largest absolute Gasteiger partial charge is 0.489 e. The van der Waals surface area contributed by atoms with Gasteiger partial charge in [0.15, 0.2) is 9.84 Å². The Morgan fingerprint density at radius 2 is 2.00 bits per heavy atom. The highest BCUT2D eigenvalue weighted by molar-refractivity contribution is 7.91. The minimum atomic E-state index is -2.93. The first-order valence-electron chi connectivity index (χ1n) is 6.01. The summed E-state index contributed by atoms with van der Waals surface area (Å²) in [5.41, 5.74) is 0.832. The number of carbonyl (C=O) groups is 1. The van der Waals surface area contributed by atoms with Crippen molar-refractivity contribution in [2.24, 2.45) is 0 Å². The van der Waals surface area contributed by atoms with Crippen LogP contribution >= 0.6 is 0 Å². The van der Waals surface area contributed by atoms with E-state index in [1.807, 2.05) is 0 Å². The lowest BCUT2D eigenvalue weighted by Gasteiger charge is -2.12. The van der Waals surface area contributed by atoms with Gasteiger partial charge in [0.2, 0.25) is 0 Å². The first-order valence-corrected chi connectivity index (χ1v) is 7.83. The van der Waals surface area contributed by atoms with Crippen molar-refractivity contribution in [2.45, 2.75) is 18.9 Å². The predicted octanol–water partition coefficient (Wildman–Crippen LogP) is 0.968. The zero-order chi connectivity index (χ0) is 13.9. The van der Waals surface area contributed by atoms with Gasteiger partial charge in [0.1, 0.15) is 11.9 Å². The van der Waals surface area contributed by atoms with Gasteiger partial charge in [0.05, 0.1) is 25.0 Å². The molecule has 0 aliphatic carbocycles. The van der Waals surface area contributed by atoms with Crippen molar-refractivity contribution in [3.8, 4) is 5.75 Å². The van der Waals surface area contributed by atoms with Crippen LogP contribution in [-0.2, 0) is 25.8 Å². The van der Waals surface area contributed by atoms with E-state index < -0.39 is 9.84 Å². The Labute approximate surface area is 112 Å². The van der Waals surface area contributed by atoms with Gasteiger partial charge in [0.25, 0.3) is 0 Å². The normalized spacial score (nSPS) is 21.0. The monoisotopic (exact) mass is 284 g/mol. The molecule has 0 N–H and O–H groups in total. The van der Waals surface area contributed by atoms with Crippen LogP contribution < -0.4 is 4.74 Å². The summed E-state index contributed by atoms with van der Waals surface area (Å²) < 4.78 is 32.8. The van der Waals surface area contributed by atoms with E-state index in [4.69, 9.17) is 4.74 Å². The molecule has 6 heteroatoms. The molecule has 1 aliphatic heterocycles. The highest BCUT2D eigenvalue weighted by atomic mass is 32.2. The van der Waals surface area contributed by atoms with Gasteiger partial charge in [-0.15, -0.1) is 0 Å². The number of hydrogen-bond acceptors (Lipinski definition) is 5. The first-order chi connectivity index (χ1) is 8.98. The number of ether oxygens (including phenoxy) is 2.